The van der Waals surface area contributed by atoms with Crippen LogP contribution in [0.2, 0.25) is 0 Å². The summed E-state index contributed by atoms with van der Waals surface area (Å²) in [6.07, 6.45) is 1.98. The first kappa shape index (κ1) is 11.4. The van der Waals surface area contributed by atoms with Crippen LogP contribution in [0.1, 0.15) is 36.3 Å². The Hall–Kier alpha value is -1.09. The predicted molar refractivity (Wildman–Crippen MR) is 69.7 cm³/mol. The summed E-state index contributed by atoms with van der Waals surface area (Å²) in [5.74, 6) is 1.50. The molecule has 0 spiro atoms. The molecular weight excluding hydrogens is 218 g/mol. The lowest BCUT2D eigenvalue weighted by atomic mass is 9.99. The molecule has 1 aliphatic heterocycles. The van der Waals surface area contributed by atoms with Crippen LogP contribution in [0.15, 0.2) is 29.8 Å². The van der Waals surface area contributed by atoms with Crippen molar-refractivity contribution in [2.75, 3.05) is 7.11 Å². The third kappa shape index (κ3) is 2.05. The molecule has 1 atom stereocenters. The summed E-state index contributed by atoms with van der Waals surface area (Å²) < 4.78 is 5.57. The maximum Gasteiger partial charge on any atom is 0.128 e. The van der Waals surface area contributed by atoms with Gasteiger partial charge in [-0.05, 0) is 16.9 Å². The van der Waals surface area contributed by atoms with E-state index in [1.54, 1.807) is 18.9 Å². The van der Waals surface area contributed by atoms with Gasteiger partial charge < -0.3 is 10.1 Å². The molecule has 1 aromatic rings. The molecule has 0 fully saturated rings. The second kappa shape index (κ2) is 4.83. The largest absolute Gasteiger partial charge is 0.496 e. The molecule has 0 saturated heterocycles. The van der Waals surface area contributed by atoms with Crippen LogP contribution in [0.25, 0.3) is 0 Å². The van der Waals surface area contributed by atoms with E-state index in [-0.39, 0.29) is 5.37 Å². The minimum Gasteiger partial charge on any atom is -0.496 e. The summed E-state index contributed by atoms with van der Waals surface area (Å²) in [7, 11) is 1.75. The van der Waals surface area contributed by atoms with Crippen LogP contribution in [0.5, 0.6) is 5.75 Å². The molecule has 0 radical (unpaired) electrons. The van der Waals surface area contributed by atoms with Crippen LogP contribution in [0.3, 0.4) is 0 Å². The SMILES string of the molecule is COc1c(C(C)C)cccc1C1NC=CS1. The molecule has 86 valence electrons. The average molecular weight is 235 g/mol. The van der Waals surface area contributed by atoms with E-state index in [2.05, 4.69) is 42.8 Å². The molecule has 0 aromatic heterocycles. The second-order valence-corrected chi connectivity index (χ2v) is 5.13. The van der Waals surface area contributed by atoms with Gasteiger partial charge in [0.05, 0.1) is 7.11 Å². The van der Waals surface area contributed by atoms with Crippen molar-refractivity contribution in [3.05, 3.63) is 40.9 Å². The molecule has 3 heteroatoms. The lowest BCUT2D eigenvalue weighted by molar-refractivity contribution is 0.401. The fourth-order valence-corrected chi connectivity index (χ4v) is 2.72. The second-order valence-electron chi connectivity index (χ2n) is 4.11. The normalized spacial score (nSPS) is 18.9. The Labute approximate surface area is 101 Å². The Bertz CT molecular complexity index is 393. The minimum atomic E-state index is 0.286. The molecular formula is C13H17NOS. The molecule has 1 aliphatic rings. The van der Waals surface area contributed by atoms with Crippen molar-refractivity contribution >= 4 is 11.8 Å². The van der Waals surface area contributed by atoms with Crippen LogP contribution in [-0.2, 0) is 0 Å². The van der Waals surface area contributed by atoms with Gasteiger partial charge in [0, 0.05) is 11.8 Å². The summed E-state index contributed by atoms with van der Waals surface area (Å²) in [6, 6.07) is 6.37. The Kier molecular flexibility index (Phi) is 3.44. The van der Waals surface area contributed by atoms with Crippen molar-refractivity contribution in [1.82, 2.24) is 5.32 Å². The predicted octanol–water partition coefficient (Wildman–Crippen LogP) is 3.62. The number of para-hydroxylation sites is 1. The van der Waals surface area contributed by atoms with E-state index in [1.807, 2.05) is 6.20 Å². The highest BCUT2D eigenvalue weighted by Gasteiger charge is 2.20. The Balaban J connectivity index is 2.40. The molecule has 16 heavy (non-hydrogen) atoms. The summed E-state index contributed by atoms with van der Waals surface area (Å²) in [6.45, 7) is 4.38. The molecule has 0 saturated carbocycles. The summed E-state index contributed by atoms with van der Waals surface area (Å²) in [5, 5.41) is 5.68. The fraction of sp³-hybridized carbons (Fsp3) is 0.385. The number of thioether (sulfide) groups is 1. The highest BCUT2D eigenvalue weighted by molar-refractivity contribution is 8.02. The maximum absolute atomic E-state index is 5.57. The zero-order chi connectivity index (χ0) is 11.5. The quantitative estimate of drug-likeness (QED) is 0.864. The van der Waals surface area contributed by atoms with Gasteiger partial charge in [-0.2, -0.15) is 0 Å². The third-order valence-corrected chi connectivity index (χ3v) is 3.67. The topological polar surface area (TPSA) is 21.3 Å². The maximum atomic E-state index is 5.57. The Morgan fingerprint density at radius 3 is 2.75 bits per heavy atom. The molecule has 1 N–H and O–H groups in total. The molecule has 0 bridgehead atoms. The number of nitrogens with one attached hydrogen (secondary N) is 1. The van der Waals surface area contributed by atoms with Crippen molar-refractivity contribution in [3.63, 3.8) is 0 Å². The zero-order valence-corrected chi connectivity index (χ0v) is 10.7. The molecule has 1 heterocycles. The van der Waals surface area contributed by atoms with Gasteiger partial charge in [0.15, 0.2) is 0 Å². The lowest BCUT2D eigenvalue weighted by Crippen LogP contribution is -2.10. The molecule has 2 nitrogen and oxygen atoms in total. The first-order valence-corrected chi connectivity index (χ1v) is 6.41. The highest BCUT2D eigenvalue weighted by Crippen LogP contribution is 2.39. The summed E-state index contributed by atoms with van der Waals surface area (Å²) >= 11 is 1.77. The average Bonchev–Trinajstić information content (AvgIpc) is 2.81. The van der Waals surface area contributed by atoms with Crippen molar-refractivity contribution in [1.29, 1.82) is 0 Å². The highest BCUT2D eigenvalue weighted by atomic mass is 32.2. The number of hydrogen-bond acceptors (Lipinski definition) is 3. The smallest absolute Gasteiger partial charge is 0.128 e. The molecule has 1 aromatic carbocycles. The molecule has 0 amide bonds. The first-order valence-electron chi connectivity index (χ1n) is 5.47. The Morgan fingerprint density at radius 1 is 1.38 bits per heavy atom. The molecule has 0 aliphatic carbocycles. The number of ether oxygens (including phenoxy) is 1. The monoisotopic (exact) mass is 235 g/mol. The number of rotatable bonds is 3. The van der Waals surface area contributed by atoms with Gasteiger partial charge in [-0.1, -0.05) is 32.0 Å². The van der Waals surface area contributed by atoms with E-state index in [4.69, 9.17) is 4.74 Å². The van der Waals surface area contributed by atoms with E-state index < -0.39 is 0 Å². The minimum absolute atomic E-state index is 0.286. The van der Waals surface area contributed by atoms with E-state index in [1.165, 1.54) is 11.1 Å². The van der Waals surface area contributed by atoms with Gasteiger partial charge in [-0.3, -0.25) is 0 Å². The van der Waals surface area contributed by atoms with Gasteiger partial charge in [0.1, 0.15) is 11.1 Å². The van der Waals surface area contributed by atoms with Crippen molar-refractivity contribution in [2.24, 2.45) is 0 Å². The van der Waals surface area contributed by atoms with Crippen LogP contribution >= 0.6 is 11.8 Å². The number of hydrogen-bond donors (Lipinski definition) is 1. The summed E-state index contributed by atoms with van der Waals surface area (Å²) in [5.41, 5.74) is 2.50. The van der Waals surface area contributed by atoms with Crippen LogP contribution < -0.4 is 10.1 Å². The number of methoxy groups -OCH3 is 1. The van der Waals surface area contributed by atoms with Gasteiger partial charge in [-0.15, -0.1) is 11.8 Å². The van der Waals surface area contributed by atoms with Crippen LogP contribution in [-0.4, -0.2) is 7.11 Å². The van der Waals surface area contributed by atoms with Crippen LogP contribution in [0.4, 0.5) is 0 Å². The van der Waals surface area contributed by atoms with E-state index in [9.17, 15) is 0 Å². The zero-order valence-electron chi connectivity index (χ0n) is 9.86. The lowest BCUT2D eigenvalue weighted by Gasteiger charge is -2.19. The first-order chi connectivity index (χ1) is 7.74. The van der Waals surface area contributed by atoms with Crippen molar-refractivity contribution in [2.45, 2.75) is 25.1 Å². The van der Waals surface area contributed by atoms with Gasteiger partial charge in [0.2, 0.25) is 0 Å². The molecule has 1 unspecified atom stereocenters. The van der Waals surface area contributed by atoms with Gasteiger partial charge in [0.25, 0.3) is 0 Å². The summed E-state index contributed by atoms with van der Waals surface area (Å²) in [4.78, 5) is 0. The Morgan fingerprint density at radius 2 is 2.19 bits per heavy atom. The third-order valence-electron chi connectivity index (χ3n) is 2.71. The molecule has 2 rings (SSSR count). The fourth-order valence-electron chi connectivity index (χ4n) is 1.92. The van der Waals surface area contributed by atoms with Gasteiger partial charge >= 0.3 is 0 Å². The van der Waals surface area contributed by atoms with Crippen LogP contribution in [0, 0.1) is 0 Å². The van der Waals surface area contributed by atoms with E-state index in [0.29, 0.717) is 5.92 Å². The van der Waals surface area contributed by atoms with Crippen molar-refractivity contribution in [3.8, 4) is 5.75 Å². The van der Waals surface area contributed by atoms with E-state index in [0.717, 1.165) is 5.75 Å². The van der Waals surface area contributed by atoms with Crippen molar-refractivity contribution < 1.29 is 4.74 Å². The van der Waals surface area contributed by atoms with Gasteiger partial charge in [-0.25, -0.2) is 0 Å². The van der Waals surface area contributed by atoms with E-state index >= 15 is 0 Å². The standard InChI is InChI=1S/C13H17NOS/c1-9(2)10-5-4-6-11(12(10)15-3)13-14-7-8-16-13/h4-9,13-14H,1-3H3. The number of benzene rings is 1.